The highest BCUT2D eigenvalue weighted by Gasteiger charge is 2.32. The van der Waals surface area contributed by atoms with Crippen LogP contribution in [0.5, 0.6) is 11.5 Å². The Bertz CT molecular complexity index is 1390. The number of nitrogens with zero attached hydrogens (tertiary/aromatic N) is 2. The normalized spacial score (nSPS) is 14.6. The molecule has 1 saturated heterocycles. The molecule has 0 spiro atoms. The first kappa shape index (κ1) is 21.7. The monoisotopic (exact) mass is 469 g/mol. The quantitative estimate of drug-likeness (QED) is 0.305. The van der Waals surface area contributed by atoms with Crippen molar-refractivity contribution in [1.82, 2.24) is 9.88 Å². The Morgan fingerprint density at radius 3 is 2.44 bits per heavy atom. The summed E-state index contributed by atoms with van der Waals surface area (Å²) in [6.07, 6.45) is 3.89. The van der Waals surface area contributed by atoms with Gasteiger partial charge in [-0.1, -0.05) is 48.5 Å². The summed E-state index contributed by atoms with van der Waals surface area (Å²) in [7, 11) is 1.63. The van der Waals surface area contributed by atoms with Crippen LogP contribution in [0.15, 0.2) is 90.8 Å². The number of hydrogen-bond donors (Lipinski definition) is 1. The van der Waals surface area contributed by atoms with E-state index < -0.39 is 0 Å². The van der Waals surface area contributed by atoms with E-state index in [4.69, 9.17) is 21.7 Å². The molecule has 5 rings (SSSR count). The standard InChI is InChI=1S/C27H23N3O3S/c1-32-24-13-7-8-14-25(24)33-16-15-29-18-19(21-11-5-6-12-23(21)29)17-22-26(31)30(27(34)28-22)20-9-3-2-4-10-20/h2-14,17-18H,15-16H2,1H3,(H,28,34). The fraction of sp³-hybridized carbons (Fsp3) is 0.111. The molecule has 2 heterocycles. The number of para-hydroxylation sites is 4. The number of carbonyl (C=O) groups is 1. The van der Waals surface area contributed by atoms with Crippen LogP contribution in [-0.4, -0.2) is 29.3 Å². The Balaban J connectivity index is 1.40. The molecule has 3 aromatic carbocycles. The largest absolute Gasteiger partial charge is 0.493 e. The second-order valence-electron chi connectivity index (χ2n) is 7.76. The SMILES string of the molecule is COc1ccccc1OCCn1cc(C=C2NC(=S)N(c3ccccc3)C2=O)c2ccccc21. The third-order valence-electron chi connectivity index (χ3n) is 5.67. The average molecular weight is 470 g/mol. The van der Waals surface area contributed by atoms with Gasteiger partial charge in [0.2, 0.25) is 0 Å². The van der Waals surface area contributed by atoms with E-state index >= 15 is 0 Å². The van der Waals surface area contributed by atoms with Crippen LogP contribution in [0.4, 0.5) is 5.69 Å². The number of nitrogens with one attached hydrogen (secondary N) is 1. The molecular formula is C27H23N3O3S. The lowest BCUT2D eigenvalue weighted by molar-refractivity contribution is -0.113. The summed E-state index contributed by atoms with van der Waals surface area (Å²) < 4.78 is 13.5. The highest BCUT2D eigenvalue weighted by Crippen LogP contribution is 2.28. The molecule has 0 atom stereocenters. The number of amides is 1. The van der Waals surface area contributed by atoms with Gasteiger partial charge in [-0.25, -0.2) is 0 Å². The molecular weight excluding hydrogens is 446 g/mol. The first-order chi connectivity index (χ1) is 16.7. The summed E-state index contributed by atoms with van der Waals surface area (Å²) in [5.41, 5.74) is 3.18. The van der Waals surface area contributed by atoms with Crippen molar-refractivity contribution in [1.29, 1.82) is 0 Å². The van der Waals surface area contributed by atoms with Gasteiger partial charge in [-0.15, -0.1) is 0 Å². The van der Waals surface area contributed by atoms with Crippen molar-refractivity contribution in [2.45, 2.75) is 6.54 Å². The maximum atomic E-state index is 13.1. The summed E-state index contributed by atoms with van der Waals surface area (Å²) in [5.74, 6) is 1.24. The number of aromatic nitrogens is 1. The predicted octanol–water partition coefficient (Wildman–Crippen LogP) is 4.99. The Morgan fingerprint density at radius 1 is 0.941 bits per heavy atom. The van der Waals surface area contributed by atoms with E-state index in [0.717, 1.165) is 22.2 Å². The van der Waals surface area contributed by atoms with E-state index in [-0.39, 0.29) is 5.91 Å². The number of rotatable bonds is 7. The third-order valence-corrected chi connectivity index (χ3v) is 5.96. The number of carbonyl (C=O) groups excluding carboxylic acids is 1. The topological polar surface area (TPSA) is 55.7 Å². The molecule has 1 amide bonds. The van der Waals surface area contributed by atoms with Crippen LogP contribution in [0.2, 0.25) is 0 Å². The molecule has 0 radical (unpaired) electrons. The Hall–Kier alpha value is -4.10. The van der Waals surface area contributed by atoms with Crippen LogP contribution in [0, 0.1) is 0 Å². The van der Waals surface area contributed by atoms with Crippen LogP contribution in [0.25, 0.3) is 17.0 Å². The fourth-order valence-corrected chi connectivity index (χ4v) is 4.37. The summed E-state index contributed by atoms with van der Waals surface area (Å²) >= 11 is 5.44. The Labute approximate surface area is 203 Å². The molecule has 4 aromatic rings. The maximum Gasteiger partial charge on any atom is 0.281 e. The lowest BCUT2D eigenvalue weighted by Gasteiger charge is -2.13. The molecule has 1 N–H and O–H groups in total. The molecule has 170 valence electrons. The summed E-state index contributed by atoms with van der Waals surface area (Å²) in [6, 6.07) is 25.1. The molecule has 1 fully saturated rings. The van der Waals surface area contributed by atoms with E-state index in [9.17, 15) is 4.79 Å². The van der Waals surface area contributed by atoms with Crippen molar-refractivity contribution < 1.29 is 14.3 Å². The van der Waals surface area contributed by atoms with Gasteiger partial charge in [-0.05, 0) is 48.6 Å². The van der Waals surface area contributed by atoms with Gasteiger partial charge in [0.1, 0.15) is 12.3 Å². The fourth-order valence-electron chi connectivity index (χ4n) is 4.07. The number of benzene rings is 3. The van der Waals surface area contributed by atoms with Gasteiger partial charge < -0.3 is 19.4 Å². The van der Waals surface area contributed by atoms with Gasteiger partial charge in [0.05, 0.1) is 19.3 Å². The number of methoxy groups -OCH3 is 1. The zero-order chi connectivity index (χ0) is 23.5. The molecule has 1 aliphatic rings. The van der Waals surface area contributed by atoms with Gasteiger partial charge in [0.25, 0.3) is 5.91 Å². The van der Waals surface area contributed by atoms with Crippen LogP contribution < -0.4 is 19.7 Å². The molecule has 1 aromatic heterocycles. The van der Waals surface area contributed by atoms with Crippen molar-refractivity contribution in [3.05, 3.63) is 96.3 Å². The van der Waals surface area contributed by atoms with E-state index in [1.54, 1.807) is 7.11 Å². The highest BCUT2D eigenvalue weighted by molar-refractivity contribution is 7.80. The average Bonchev–Trinajstić information content (AvgIpc) is 3.36. The molecule has 0 bridgehead atoms. The van der Waals surface area contributed by atoms with Crippen LogP contribution in [0.3, 0.4) is 0 Å². The van der Waals surface area contributed by atoms with Crippen molar-refractivity contribution in [2.24, 2.45) is 0 Å². The first-order valence-electron chi connectivity index (χ1n) is 10.9. The van der Waals surface area contributed by atoms with E-state index in [2.05, 4.69) is 16.0 Å². The zero-order valence-corrected chi connectivity index (χ0v) is 19.4. The molecule has 0 saturated carbocycles. The van der Waals surface area contributed by atoms with E-state index in [1.165, 1.54) is 4.90 Å². The van der Waals surface area contributed by atoms with Gasteiger partial charge in [-0.2, -0.15) is 0 Å². The molecule has 0 unspecified atom stereocenters. The van der Waals surface area contributed by atoms with Crippen LogP contribution in [0.1, 0.15) is 5.56 Å². The maximum absolute atomic E-state index is 13.1. The minimum Gasteiger partial charge on any atom is -0.493 e. The summed E-state index contributed by atoms with van der Waals surface area (Å²) in [6.45, 7) is 1.11. The Morgan fingerprint density at radius 2 is 1.65 bits per heavy atom. The van der Waals surface area contributed by atoms with Gasteiger partial charge in [0, 0.05) is 22.7 Å². The molecule has 1 aliphatic heterocycles. The predicted molar refractivity (Wildman–Crippen MR) is 138 cm³/mol. The van der Waals surface area contributed by atoms with E-state index in [1.807, 2.05) is 85.1 Å². The number of thiocarbonyl (C=S) groups is 1. The van der Waals surface area contributed by atoms with Crippen molar-refractivity contribution in [3.8, 4) is 11.5 Å². The van der Waals surface area contributed by atoms with Crippen molar-refractivity contribution >= 4 is 45.9 Å². The zero-order valence-electron chi connectivity index (χ0n) is 18.6. The van der Waals surface area contributed by atoms with Crippen LogP contribution >= 0.6 is 12.2 Å². The second-order valence-corrected chi connectivity index (χ2v) is 8.15. The second kappa shape index (κ2) is 9.41. The van der Waals surface area contributed by atoms with Gasteiger partial charge in [0.15, 0.2) is 16.6 Å². The number of hydrogen-bond acceptors (Lipinski definition) is 4. The number of anilines is 1. The Kier molecular flexibility index (Phi) is 6.01. The summed E-state index contributed by atoms with van der Waals surface area (Å²) in [5, 5.41) is 4.49. The minimum absolute atomic E-state index is 0.174. The number of ether oxygens (including phenoxy) is 2. The smallest absolute Gasteiger partial charge is 0.281 e. The highest BCUT2D eigenvalue weighted by atomic mass is 32.1. The minimum atomic E-state index is -0.174. The first-order valence-corrected chi connectivity index (χ1v) is 11.3. The van der Waals surface area contributed by atoms with E-state index in [0.29, 0.717) is 35.5 Å². The van der Waals surface area contributed by atoms with Gasteiger partial charge >= 0.3 is 0 Å². The molecule has 0 aliphatic carbocycles. The van der Waals surface area contributed by atoms with Crippen molar-refractivity contribution in [2.75, 3.05) is 18.6 Å². The van der Waals surface area contributed by atoms with Gasteiger partial charge in [-0.3, -0.25) is 9.69 Å². The molecule has 34 heavy (non-hydrogen) atoms. The summed E-state index contributed by atoms with van der Waals surface area (Å²) in [4.78, 5) is 14.6. The molecule has 7 heteroatoms. The lowest BCUT2D eigenvalue weighted by atomic mass is 10.1. The third kappa shape index (κ3) is 4.13. The van der Waals surface area contributed by atoms with Crippen LogP contribution in [-0.2, 0) is 11.3 Å². The van der Waals surface area contributed by atoms with Crippen molar-refractivity contribution in [3.63, 3.8) is 0 Å². The molecule has 6 nitrogen and oxygen atoms in total. The lowest BCUT2D eigenvalue weighted by Crippen LogP contribution is -2.30. The number of fused-ring (bicyclic) bond motifs is 1.